The molecule has 6 N–H and O–H groups in total. The minimum Gasteiger partial charge on any atom is -0.383 e. The van der Waals surface area contributed by atoms with Crippen LogP contribution in [0.5, 0.6) is 0 Å². The van der Waals surface area contributed by atoms with E-state index in [2.05, 4.69) is 53.7 Å². The molecule has 0 aliphatic carbocycles. The number of carbonyl (C=O) groups excluding carboxylic acids is 1. The molecule has 16 nitrogen and oxygen atoms in total. The molecule has 0 unspecified atom stereocenters. The highest BCUT2D eigenvalue weighted by Gasteiger charge is 2.21. The van der Waals surface area contributed by atoms with Crippen molar-refractivity contribution in [3.05, 3.63) is 76.9 Å². The Morgan fingerprint density at radius 2 is 1.55 bits per heavy atom. The molecular weight excluding hydrogens is 704 g/mol. The molecule has 0 radical (unpaired) electrons. The lowest BCUT2D eigenvalue weighted by atomic mass is 9.97. The van der Waals surface area contributed by atoms with Gasteiger partial charge in [-0.25, -0.2) is 15.0 Å². The Morgan fingerprint density at radius 3 is 2.29 bits per heavy atom. The van der Waals surface area contributed by atoms with Gasteiger partial charge < -0.3 is 49.9 Å². The van der Waals surface area contributed by atoms with Crippen molar-refractivity contribution >= 4 is 34.3 Å². The van der Waals surface area contributed by atoms with E-state index in [1.165, 1.54) is 11.9 Å². The molecule has 3 aromatic heterocycles. The van der Waals surface area contributed by atoms with Gasteiger partial charge in [0.2, 0.25) is 5.91 Å². The molecule has 0 saturated carbocycles. The molecular formula is C39H54N10O6. The van der Waals surface area contributed by atoms with Crippen molar-refractivity contribution in [3.63, 3.8) is 0 Å². The number of aromatic nitrogens is 4. The molecule has 5 heterocycles. The summed E-state index contributed by atoms with van der Waals surface area (Å²) < 4.78 is 28.0. The summed E-state index contributed by atoms with van der Waals surface area (Å²) in [6.45, 7) is 12.1. The van der Waals surface area contributed by atoms with Crippen LogP contribution < -0.4 is 16.4 Å². The Hall–Kier alpha value is -4.55. The van der Waals surface area contributed by atoms with Gasteiger partial charge in [-0.3, -0.25) is 15.1 Å². The van der Waals surface area contributed by atoms with Crippen molar-refractivity contribution in [2.45, 2.75) is 25.9 Å². The van der Waals surface area contributed by atoms with Gasteiger partial charge >= 0.3 is 0 Å². The van der Waals surface area contributed by atoms with Crippen LogP contribution in [0, 0.1) is 5.41 Å². The number of pyridine rings is 1. The molecule has 296 valence electrons. The fourth-order valence-corrected chi connectivity index (χ4v) is 6.54. The van der Waals surface area contributed by atoms with Gasteiger partial charge in [-0.1, -0.05) is 18.2 Å². The lowest BCUT2D eigenvalue weighted by Gasteiger charge is -2.29. The van der Waals surface area contributed by atoms with Crippen LogP contribution in [-0.2, 0) is 48.0 Å². The summed E-state index contributed by atoms with van der Waals surface area (Å²) in [6, 6.07) is 10.1. The third-order valence-corrected chi connectivity index (χ3v) is 9.62. The SMILES string of the molecule is N=C(c1cnc2[nH]ccc2c1)c1c(N)ncnc1NCc1ccc2c(c1)CCN(C(=O)CCOCCOCCOCCOCCOCCN1CCNCC1)C2. The fraction of sp³-hybridized carbons (Fsp3) is 0.513. The van der Waals surface area contributed by atoms with Crippen molar-refractivity contribution in [1.29, 1.82) is 5.41 Å². The maximum atomic E-state index is 12.9. The minimum atomic E-state index is 0.0805. The monoisotopic (exact) mass is 758 g/mol. The molecule has 0 spiro atoms. The number of nitrogen functional groups attached to an aromatic ring is 1. The van der Waals surface area contributed by atoms with Crippen molar-refractivity contribution in [2.24, 2.45) is 0 Å². The Kier molecular flexibility index (Phi) is 15.7. The summed E-state index contributed by atoms with van der Waals surface area (Å²) in [4.78, 5) is 33.3. The average molecular weight is 759 g/mol. The van der Waals surface area contributed by atoms with Gasteiger partial charge in [0.15, 0.2) is 0 Å². The number of nitrogens with one attached hydrogen (secondary N) is 4. The first kappa shape index (κ1) is 40.1. The standard InChI is InChI=1S/C39H54N10O6/c40-36(33-24-31-3-6-43-38(31)45-26-33)35-37(41)46-28-47-39(35)44-25-29-1-2-32-27-49(9-4-30(32)23-29)34(50)5-13-51-15-17-53-19-21-55-22-20-54-18-16-52-14-12-48-10-7-42-8-11-48/h1-3,6,23-24,26,28,40,42H,4-5,7-22,25,27H2,(H,43,45)(H3,41,44,46,47). The molecule has 2 aliphatic rings. The van der Waals surface area contributed by atoms with E-state index in [9.17, 15) is 4.79 Å². The van der Waals surface area contributed by atoms with Crippen LogP contribution in [0.2, 0.25) is 0 Å². The first-order valence-corrected chi connectivity index (χ1v) is 19.1. The zero-order valence-corrected chi connectivity index (χ0v) is 31.5. The number of anilines is 2. The number of H-pyrrole nitrogens is 1. The van der Waals surface area contributed by atoms with Gasteiger partial charge in [-0.05, 0) is 35.2 Å². The summed E-state index contributed by atoms with van der Waals surface area (Å²) in [6.07, 6.45) is 5.95. The maximum absolute atomic E-state index is 12.9. The number of rotatable bonds is 23. The number of aromatic amines is 1. The Balaban J connectivity index is 0.804. The summed E-state index contributed by atoms with van der Waals surface area (Å²) in [5.41, 5.74) is 11.7. The van der Waals surface area contributed by atoms with Crippen LogP contribution in [0.1, 0.15) is 34.2 Å². The van der Waals surface area contributed by atoms with Gasteiger partial charge in [0.1, 0.15) is 23.6 Å². The van der Waals surface area contributed by atoms with Gasteiger partial charge in [-0.15, -0.1) is 0 Å². The summed E-state index contributed by atoms with van der Waals surface area (Å²) in [5.74, 6) is 0.783. The van der Waals surface area contributed by atoms with Gasteiger partial charge in [0.05, 0.1) is 83.8 Å². The number of hydrogen-bond donors (Lipinski definition) is 5. The number of benzene rings is 1. The molecule has 2 aliphatic heterocycles. The van der Waals surface area contributed by atoms with Crippen LogP contribution >= 0.6 is 0 Å². The van der Waals surface area contributed by atoms with Crippen LogP contribution in [0.25, 0.3) is 11.0 Å². The normalized spacial score (nSPS) is 14.7. The predicted molar refractivity (Wildman–Crippen MR) is 209 cm³/mol. The van der Waals surface area contributed by atoms with E-state index in [4.69, 9.17) is 34.8 Å². The maximum Gasteiger partial charge on any atom is 0.225 e. The highest BCUT2D eigenvalue weighted by Crippen LogP contribution is 2.25. The van der Waals surface area contributed by atoms with E-state index in [0.29, 0.717) is 102 Å². The lowest BCUT2D eigenvalue weighted by molar-refractivity contribution is -0.133. The number of carbonyl (C=O) groups is 1. The molecule has 16 heteroatoms. The second-order valence-electron chi connectivity index (χ2n) is 13.4. The molecule has 55 heavy (non-hydrogen) atoms. The third-order valence-electron chi connectivity index (χ3n) is 9.62. The number of nitrogens with two attached hydrogens (primary N) is 1. The van der Waals surface area contributed by atoms with Crippen molar-refractivity contribution in [2.75, 3.05) is 116 Å². The third kappa shape index (κ3) is 12.2. The van der Waals surface area contributed by atoms with E-state index < -0.39 is 0 Å². The second-order valence-corrected chi connectivity index (χ2v) is 13.4. The van der Waals surface area contributed by atoms with Gasteiger partial charge in [0, 0.05) is 75.7 Å². The molecule has 6 rings (SSSR count). The number of nitrogens with zero attached hydrogens (tertiary/aromatic N) is 5. The zero-order valence-electron chi connectivity index (χ0n) is 31.5. The summed E-state index contributed by atoms with van der Waals surface area (Å²) >= 11 is 0. The van der Waals surface area contributed by atoms with E-state index in [0.717, 1.165) is 67.9 Å². The average Bonchev–Trinajstić information content (AvgIpc) is 3.69. The number of ether oxygens (including phenoxy) is 5. The minimum absolute atomic E-state index is 0.0805. The number of amides is 1. The number of fused-ring (bicyclic) bond motifs is 2. The molecule has 1 amide bonds. The smallest absolute Gasteiger partial charge is 0.225 e. The van der Waals surface area contributed by atoms with Crippen LogP contribution in [0.4, 0.5) is 11.6 Å². The first-order valence-electron chi connectivity index (χ1n) is 19.1. The molecule has 0 bridgehead atoms. The molecule has 1 aromatic carbocycles. The number of piperazine rings is 1. The fourth-order valence-electron chi connectivity index (χ4n) is 6.54. The zero-order chi connectivity index (χ0) is 38.1. The topological polar surface area (TPSA) is 198 Å². The second kappa shape index (κ2) is 21.5. The highest BCUT2D eigenvalue weighted by atomic mass is 16.6. The first-order chi connectivity index (χ1) is 27.0. The summed E-state index contributed by atoms with van der Waals surface area (Å²) in [7, 11) is 0. The Morgan fingerprint density at radius 1 is 0.836 bits per heavy atom. The summed E-state index contributed by atoms with van der Waals surface area (Å²) in [5, 5.41) is 16.5. The molecule has 1 saturated heterocycles. The molecule has 1 fully saturated rings. The van der Waals surface area contributed by atoms with Crippen molar-refractivity contribution in [1.82, 2.24) is 35.1 Å². The van der Waals surface area contributed by atoms with Crippen LogP contribution in [-0.4, -0.2) is 147 Å². The van der Waals surface area contributed by atoms with Crippen LogP contribution in [0.3, 0.4) is 0 Å². The van der Waals surface area contributed by atoms with Crippen LogP contribution in [0.15, 0.2) is 49.1 Å². The van der Waals surface area contributed by atoms with E-state index in [1.807, 2.05) is 23.2 Å². The lowest BCUT2D eigenvalue weighted by Crippen LogP contribution is -2.44. The molecule has 0 atom stereocenters. The van der Waals surface area contributed by atoms with Crippen molar-refractivity contribution in [3.8, 4) is 0 Å². The van der Waals surface area contributed by atoms with E-state index >= 15 is 0 Å². The highest BCUT2D eigenvalue weighted by molar-refractivity contribution is 6.16. The largest absolute Gasteiger partial charge is 0.383 e. The predicted octanol–water partition coefficient (Wildman–Crippen LogP) is 2.23. The quantitative estimate of drug-likeness (QED) is 0.0546. The Labute approximate surface area is 321 Å². The van der Waals surface area contributed by atoms with E-state index in [1.54, 1.807) is 6.20 Å². The molecule has 4 aromatic rings. The number of hydrogen-bond acceptors (Lipinski definition) is 14. The van der Waals surface area contributed by atoms with Gasteiger partial charge in [-0.2, -0.15) is 0 Å². The Bertz CT molecular complexity index is 1820. The van der Waals surface area contributed by atoms with E-state index in [-0.39, 0.29) is 17.4 Å². The van der Waals surface area contributed by atoms with Gasteiger partial charge in [0.25, 0.3) is 0 Å². The van der Waals surface area contributed by atoms with Crippen molar-refractivity contribution < 1.29 is 28.5 Å².